The van der Waals surface area contributed by atoms with Crippen LogP contribution < -0.4 is 0 Å². The van der Waals surface area contributed by atoms with Crippen LogP contribution >= 0.6 is 11.6 Å². The van der Waals surface area contributed by atoms with Crippen molar-refractivity contribution in [3.63, 3.8) is 0 Å². The molecule has 2 aromatic rings. The van der Waals surface area contributed by atoms with Crippen molar-refractivity contribution in [2.75, 3.05) is 0 Å². The van der Waals surface area contributed by atoms with Gasteiger partial charge in [-0.2, -0.15) is 0 Å². The Hall–Kier alpha value is -1.02. The molecule has 0 atom stereocenters. The van der Waals surface area contributed by atoms with Gasteiger partial charge in [0.15, 0.2) is 5.58 Å². The molecule has 0 aliphatic rings. The molecule has 0 amide bonds. The van der Waals surface area contributed by atoms with Gasteiger partial charge in [0.1, 0.15) is 0 Å². The van der Waals surface area contributed by atoms with Gasteiger partial charge in [-0.05, 0) is 12.1 Å². The third-order valence-corrected chi connectivity index (χ3v) is 1.55. The summed E-state index contributed by atoms with van der Waals surface area (Å²) in [6, 6.07) is 5.42. The van der Waals surface area contributed by atoms with Crippen LogP contribution in [0.2, 0.25) is 5.02 Å². The normalized spacial score (nSPS) is 10.5. The lowest BCUT2D eigenvalue weighted by Gasteiger charge is -1.85. The van der Waals surface area contributed by atoms with Gasteiger partial charge < -0.3 is 4.52 Å². The fourth-order valence-corrected chi connectivity index (χ4v) is 0.996. The van der Waals surface area contributed by atoms with Gasteiger partial charge in [0.05, 0.1) is 6.20 Å². The fourth-order valence-electron chi connectivity index (χ4n) is 0.834. The lowest BCUT2D eigenvalue weighted by Crippen LogP contribution is -1.62. The summed E-state index contributed by atoms with van der Waals surface area (Å²) in [6.45, 7) is 0. The maximum Gasteiger partial charge on any atom is 0.168 e. The zero-order valence-electron chi connectivity index (χ0n) is 5.04. The predicted octanol–water partition coefficient (Wildman–Crippen LogP) is 2.48. The first-order valence-corrected chi connectivity index (χ1v) is 3.24. The number of fused-ring (bicyclic) bond motifs is 1. The van der Waals surface area contributed by atoms with E-state index in [2.05, 4.69) is 5.16 Å². The molecule has 10 heavy (non-hydrogen) atoms. The molecule has 0 N–H and O–H groups in total. The second kappa shape index (κ2) is 1.99. The average Bonchev–Trinajstić information content (AvgIpc) is 2.33. The van der Waals surface area contributed by atoms with Gasteiger partial charge in [-0.3, -0.25) is 0 Å². The minimum Gasteiger partial charge on any atom is -0.356 e. The molecule has 0 bridgehead atoms. The molecule has 0 fully saturated rings. The summed E-state index contributed by atoms with van der Waals surface area (Å²) in [5.41, 5.74) is 0.729. The van der Waals surface area contributed by atoms with Crippen LogP contribution in [-0.2, 0) is 0 Å². The first-order valence-electron chi connectivity index (χ1n) is 2.86. The molecule has 0 aliphatic heterocycles. The van der Waals surface area contributed by atoms with Gasteiger partial charge in [-0.15, -0.1) is 0 Å². The maximum atomic E-state index is 5.69. The van der Waals surface area contributed by atoms with Crippen molar-refractivity contribution in [3.8, 4) is 0 Å². The quantitative estimate of drug-likeness (QED) is 0.581. The van der Waals surface area contributed by atoms with Gasteiger partial charge in [0.2, 0.25) is 0 Å². The number of benzene rings is 1. The Morgan fingerprint density at radius 3 is 3.20 bits per heavy atom. The van der Waals surface area contributed by atoms with Crippen molar-refractivity contribution >= 4 is 22.6 Å². The Morgan fingerprint density at radius 1 is 1.40 bits per heavy atom. The summed E-state index contributed by atoms with van der Waals surface area (Å²) < 4.78 is 4.86. The SMILES string of the molecule is Clc1ccc2cnoc2c1. The molecule has 0 radical (unpaired) electrons. The first kappa shape index (κ1) is 5.74. The van der Waals surface area contributed by atoms with Gasteiger partial charge in [-0.1, -0.05) is 16.8 Å². The van der Waals surface area contributed by atoms with Crippen LogP contribution in [0.3, 0.4) is 0 Å². The highest BCUT2D eigenvalue weighted by molar-refractivity contribution is 6.31. The molecular formula is C7H4ClNO. The Balaban J connectivity index is 2.86. The fraction of sp³-hybridized carbons (Fsp3) is 0. The molecule has 0 spiro atoms. The molecule has 3 heteroatoms. The molecular weight excluding hydrogens is 150 g/mol. The van der Waals surface area contributed by atoms with E-state index in [1.807, 2.05) is 6.07 Å². The Morgan fingerprint density at radius 2 is 2.30 bits per heavy atom. The van der Waals surface area contributed by atoms with Crippen molar-refractivity contribution in [1.29, 1.82) is 0 Å². The number of hydrogen-bond donors (Lipinski definition) is 0. The molecule has 1 aromatic carbocycles. The first-order chi connectivity index (χ1) is 4.86. The highest BCUT2D eigenvalue weighted by atomic mass is 35.5. The van der Waals surface area contributed by atoms with Crippen molar-refractivity contribution < 1.29 is 4.52 Å². The molecule has 1 aromatic heterocycles. The van der Waals surface area contributed by atoms with Crippen molar-refractivity contribution in [1.82, 2.24) is 5.16 Å². The third-order valence-electron chi connectivity index (χ3n) is 1.32. The summed E-state index contributed by atoms with van der Waals surface area (Å²) in [4.78, 5) is 0. The summed E-state index contributed by atoms with van der Waals surface area (Å²) in [6.07, 6.45) is 1.66. The lowest BCUT2D eigenvalue weighted by molar-refractivity contribution is 0.456. The summed E-state index contributed by atoms with van der Waals surface area (Å²) >= 11 is 5.69. The van der Waals surface area contributed by atoms with E-state index in [0.717, 1.165) is 11.0 Å². The van der Waals surface area contributed by atoms with E-state index in [-0.39, 0.29) is 0 Å². The summed E-state index contributed by atoms with van der Waals surface area (Å²) in [5.74, 6) is 0. The van der Waals surface area contributed by atoms with E-state index < -0.39 is 0 Å². The molecule has 0 aliphatic carbocycles. The van der Waals surface area contributed by atoms with Crippen molar-refractivity contribution in [2.45, 2.75) is 0 Å². The van der Waals surface area contributed by atoms with Crippen LogP contribution in [0.15, 0.2) is 28.9 Å². The molecule has 1 heterocycles. The molecule has 0 unspecified atom stereocenters. The molecule has 0 saturated carbocycles. The monoisotopic (exact) mass is 153 g/mol. The number of rotatable bonds is 0. The zero-order chi connectivity index (χ0) is 6.97. The topological polar surface area (TPSA) is 26.0 Å². The predicted molar refractivity (Wildman–Crippen MR) is 39.0 cm³/mol. The number of aromatic nitrogens is 1. The zero-order valence-corrected chi connectivity index (χ0v) is 5.80. The van der Waals surface area contributed by atoms with E-state index in [9.17, 15) is 0 Å². The Bertz CT molecular complexity index is 355. The minimum atomic E-state index is 0.671. The largest absolute Gasteiger partial charge is 0.356 e. The third kappa shape index (κ3) is 0.772. The van der Waals surface area contributed by atoms with Gasteiger partial charge >= 0.3 is 0 Å². The molecule has 2 nitrogen and oxygen atoms in total. The van der Waals surface area contributed by atoms with Crippen molar-refractivity contribution in [2.24, 2.45) is 0 Å². The van der Waals surface area contributed by atoms with E-state index >= 15 is 0 Å². The van der Waals surface area contributed by atoms with E-state index in [1.54, 1.807) is 18.3 Å². The van der Waals surface area contributed by atoms with E-state index in [1.165, 1.54) is 0 Å². The maximum absolute atomic E-state index is 5.69. The van der Waals surface area contributed by atoms with Crippen LogP contribution in [0, 0.1) is 0 Å². The molecule has 50 valence electrons. The highest BCUT2D eigenvalue weighted by Crippen LogP contribution is 2.17. The van der Waals surface area contributed by atoms with Gasteiger partial charge in [0.25, 0.3) is 0 Å². The minimum absolute atomic E-state index is 0.671. The second-order valence-electron chi connectivity index (χ2n) is 2.01. The van der Waals surface area contributed by atoms with E-state index in [0.29, 0.717) is 5.02 Å². The van der Waals surface area contributed by atoms with Crippen LogP contribution in [0.5, 0.6) is 0 Å². The van der Waals surface area contributed by atoms with Crippen molar-refractivity contribution in [3.05, 3.63) is 29.4 Å². The summed E-state index contributed by atoms with van der Waals surface area (Å²) in [5, 5.41) is 5.26. The Labute approximate surface area is 62.4 Å². The van der Waals surface area contributed by atoms with Crippen LogP contribution in [-0.4, -0.2) is 5.16 Å². The number of nitrogens with zero attached hydrogens (tertiary/aromatic N) is 1. The van der Waals surface area contributed by atoms with E-state index in [4.69, 9.17) is 16.1 Å². The number of hydrogen-bond acceptors (Lipinski definition) is 2. The average molecular weight is 154 g/mol. The van der Waals surface area contributed by atoms with Crippen LogP contribution in [0.25, 0.3) is 11.0 Å². The van der Waals surface area contributed by atoms with Crippen LogP contribution in [0.1, 0.15) is 0 Å². The van der Waals surface area contributed by atoms with Crippen LogP contribution in [0.4, 0.5) is 0 Å². The van der Waals surface area contributed by atoms with Gasteiger partial charge in [-0.25, -0.2) is 0 Å². The summed E-state index contributed by atoms with van der Waals surface area (Å²) in [7, 11) is 0. The highest BCUT2D eigenvalue weighted by Gasteiger charge is 1.96. The van der Waals surface area contributed by atoms with Gasteiger partial charge in [0, 0.05) is 16.5 Å². The standard InChI is InChI=1S/C7H4ClNO/c8-6-2-1-5-4-9-10-7(5)3-6/h1-4H. The number of halogens is 1. The second-order valence-corrected chi connectivity index (χ2v) is 2.44. The Kier molecular flexibility index (Phi) is 1.14. The smallest absolute Gasteiger partial charge is 0.168 e. The molecule has 2 rings (SSSR count). The lowest BCUT2D eigenvalue weighted by atomic mass is 10.3. The molecule has 0 saturated heterocycles.